The molecule has 0 aliphatic heterocycles. The van der Waals surface area contributed by atoms with E-state index in [2.05, 4.69) is 15.3 Å². The number of hydrogen-bond donors (Lipinski definition) is 3. The number of alkyl carbamates (subject to hydrolysis) is 1. The third-order valence-electron chi connectivity index (χ3n) is 5.56. The number of hydrogen-bond acceptors (Lipinski definition) is 6. The maximum atomic E-state index is 13.9. The van der Waals surface area contributed by atoms with Crippen molar-refractivity contribution in [3.63, 3.8) is 0 Å². The van der Waals surface area contributed by atoms with Gasteiger partial charge in [-0.25, -0.2) is 18.2 Å². The van der Waals surface area contributed by atoms with Crippen molar-refractivity contribution >= 4 is 38.5 Å². The molecule has 1 amide bonds. The molecule has 1 aromatic carbocycles. The molecule has 3 aromatic rings. The first-order chi connectivity index (χ1) is 15.6. The minimum Gasteiger partial charge on any atom is -0.444 e. The highest BCUT2D eigenvalue weighted by Crippen LogP contribution is 2.40. The number of aromatic nitrogens is 2. The van der Waals surface area contributed by atoms with E-state index < -0.39 is 27.8 Å². The first kappa shape index (κ1) is 22.9. The second kappa shape index (κ2) is 8.58. The lowest BCUT2D eigenvalue weighted by molar-refractivity contribution is 0.0505. The van der Waals surface area contributed by atoms with Gasteiger partial charge in [-0.2, -0.15) is 0 Å². The Morgan fingerprint density at radius 1 is 1.21 bits per heavy atom. The molecule has 1 fully saturated rings. The van der Waals surface area contributed by atoms with Crippen molar-refractivity contribution in [3.8, 4) is 0 Å². The second-order valence-corrected chi connectivity index (χ2v) is 11.0. The molecule has 2 heterocycles. The SMILES string of the molecule is CC(C)(C)OC(=O)NC1CCC(N(c2c(N)cnc3[nH]ccc23)S(=O)(=O)c2ccccc2)C1. The van der Waals surface area contributed by atoms with Gasteiger partial charge in [-0.05, 0) is 58.2 Å². The number of benzene rings is 1. The van der Waals surface area contributed by atoms with Crippen LogP contribution >= 0.6 is 0 Å². The number of pyridine rings is 1. The second-order valence-electron chi connectivity index (χ2n) is 9.23. The van der Waals surface area contributed by atoms with Crippen molar-refractivity contribution in [2.24, 2.45) is 0 Å². The molecule has 2 unspecified atom stereocenters. The molecule has 176 valence electrons. The number of amides is 1. The summed E-state index contributed by atoms with van der Waals surface area (Å²) in [5, 5.41) is 3.50. The summed E-state index contributed by atoms with van der Waals surface area (Å²) in [4.78, 5) is 19.7. The van der Waals surface area contributed by atoms with Gasteiger partial charge in [0.25, 0.3) is 10.0 Å². The highest BCUT2D eigenvalue weighted by atomic mass is 32.2. The summed E-state index contributed by atoms with van der Waals surface area (Å²) in [7, 11) is -3.94. The molecule has 2 aromatic heterocycles. The van der Waals surface area contributed by atoms with E-state index in [4.69, 9.17) is 10.5 Å². The Balaban J connectivity index is 1.71. The van der Waals surface area contributed by atoms with Crippen LogP contribution in [0.25, 0.3) is 11.0 Å². The molecule has 0 radical (unpaired) electrons. The number of ether oxygens (including phenoxy) is 1. The number of nitrogens with two attached hydrogens (primary N) is 1. The van der Waals surface area contributed by atoms with Crippen LogP contribution in [0, 0.1) is 0 Å². The van der Waals surface area contributed by atoms with Gasteiger partial charge in [0.1, 0.15) is 11.2 Å². The minimum atomic E-state index is -3.94. The van der Waals surface area contributed by atoms with E-state index in [9.17, 15) is 13.2 Å². The summed E-state index contributed by atoms with van der Waals surface area (Å²) in [5.41, 5.74) is 6.90. The van der Waals surface area contributed by atoms with Gasteiger partial charge >= 0.3 is 6.09 Å². The fraction of sp³-hybridized carbons (Fsp3) is 0.391. The van der Waals surface area contributed by atoms with Crippen LogP contribution in [0.5, 0.6) is 0 Å². The Kier molecular flexibility index (Phi) is 5.96. The Labute approximate surface area is 193 Å². The average Bonchev–Trinajstić information content (AvgIpc) is 3.38. The lowest BCUT2D eigenvalue weighted by atomic mass is 10.2. The van der Waals surface area contributed by atoms with Crippen molar-refractivity contribution in [1.82, 2.24) is 15.3 Å². The van der Waals surface area contributed by atoms with Crippen LogP contribution in [0.3, 0.4) is 0 Å². The molecule has 0 spiro atoms. The summed E-state index contributed by atoms with van der Waals surface area (Å²) in [6.07, 6.45) is 4.26. The topological polar surface area (TPSA) is 130 Å². The molecule has 4 rings (SSSR count). The zero-order valence-electron chi connectivity index (χ0n) is 18.9. The van der Waals surface area contributed by atoms with E-state index in [0.29, 0.717) is 36.0 Å². The molecule has 1 saturated carbocycles. The van der Waals surface area contributed by atoms with E-state index in [-0.39, 0.29) is 16.6 Å². The minimum absolute atomic E-state index is 0.174. The lowest BCUT2D eigenvalue weighted by Crippen LogP contribution is -2.42. The summed E-state index contributed by atoms with van der Waals surface area (Å²) >= 11 is 0. The van der Waals surface area contributed by atoms with Crippen molar-refractivity contribution in [1.29, 1.82) is 0 Å². The number of H-pyrrole nitrogens is 1. The lowest BCUT2D eigenvalue weighted by Gasteiger charge is -2.32. The zero-order chi connectivity index (χ0) is 23.8. The summed E-state index contributed by atoms with van der Waals surface area (Å²) in [5.74, 6) is 0. The van der Waals surface area contributed by atoms with Gasteiger partial charge in [-0.1, -0.05) is 18.2 Å². The van der Waals surface area contributed by atoms with Crippen molar-refractivity contribution in [3.05, 3.63) is 48.8 Å². The number of carbonyl (C=O) groups is 1. The van der Waals surface area contributed by atoms with Gasteiger partial charge in [0.05, 0.1) is 22.5 Å². The first-order valence-corrected chi connectivity index (χ1v) is 12.3. The molecule has 1 aliphatic rings. The van der Waals surface area contributed by atoms with Crippen molar-refractivity contribution in [2.75, 3.05) is 10.0 Å². The van der Waals surface area contributed by atoms with Crippen LogP contribution in [-0.2, 0) is 14.8 Å². The van der Waals surface area contributed by atoms with Crippen molar-refractivity contribution in [2.45, 2.75) is 62.6 Å². The van der Waals surface area contributed by atoms with E-state index >= 15 is 0 Å². The van der Waals surface area contributed by atoms with Crippen LogP contribution in [0.15, 0.2) is 53.7 Å². The number of nitrogens with zero attached hydrogens (tertiary/aromatic N) is 2. The van der Waals surface area contributed by atoms with E-state index in [1.54, 1.807) is 63.4 Å². The first-order valence-electron chi connectivity index (χ1n) is 10.9. The quantitative estimate of drug-likeness (QED) is 0.519. The van der Waals surface area contributed by atoms with Crippen LogP contribution in [-0.4, -0.2) is 42.2 Å². The molecule has 0 saturated heterocycles. The van der Waals surface area contributed by atoms with Crippen LogP contribution in [0.4, 0.5) is 16.2 Å². The smallest absolute Gasteiger partial charge is 0.407 e. The number of nitrogens with one attached hydrogen (secondary N) is 2. The maximum Gasteiger partial charge on any atom is 0.407 e. The van der Waals surface area contributed by atoms with Crippen LogP contribution in [0.1, 0.15) is 40.0 Å². The molecular formula is C23H29N5O4S. The third kappa shape index (κ3) is 4.75. The van der Waals surface area contributed by atoms with E-state index in [1.807, 2.05) is 0 Å². The number of rotatable bonds is 5. The fourth-order valence-corrected chi connectivity index (χ4v) is 5.99. The predicted octanol–water partition coefficient (Wildman–Crippen LogP) is 3.79. The number of sulfonamides is 1. The zero-order valence-corrected chi connectivity index (χ0v) is 19.7. The Hall–Kier alpha value is -3.27. The summed E-state index contributed by atoms with van der Waals surface area (Å²) in [6, 6.07) is 9.43. The Morgan fingerprint density at radius 3 is 2.64 bits per heavy atom. The van der Waals surface area contributed by atoms with Gasteiger partial charge in [0.15, 0.2) is 0 Å². The van der Waals surface area contributed by atoms with Gasteiger partial charge < -0.3 is 20.8 Å². The molecule has 4 N–H and O–H groups in total. The predicted molar refractivity (Wildman–Crippen MR) is 127 cm³/mol. The number of fused-ring (bicyclic) bond motifs is 1. The molecule has 10 heteroatoms. The van der Waals surface area contributed by atoms with Crippen molar-refractivity contribution < 1.29 is 17.9 Å². The van der Waals surface area contributed by atoms with Gasteiger partial charge in [0.2, 0.25) is 0 Å². The molecule has 1 aliphatic carbocycles. The van der Waals surface area contributed by atoms with E-state index in [1.165, 1.54) is 10.5 Å². The third-order valence-corrected chi connectivity index (χ3v) is 7.43. The maximum absolute atomic E-state index is 13.9. The van der Waals surface area contributed by atoms with Crippen LogP contribution < -0.4 is 15.4 Å². The monoisotopic (exact) mass is 471 g/mol. The highest BCUT2D eigenvalue weighted by Gasteiger charge is 2.39. The van der Waals surface area contributed by atoms with Crippen LogP contribution in [0.2, 0.25) is 0 Å². The standard InChI is InChI=1S/C23H29N5O4S/c1-23(2,3)32-22(29)27-15-9-10-16(13-15)28(33(30,31)17-7-5-4-6-8-17)20-18-11-12-25-21(18)26-14-19(20)24/h4-8,11-12,14-16H,9-10,13,24H2,1-3H3,(H,25,26)(H,27,29). The number of carbonyl (C=O) groups excluding carboxylic acids is 1. The van der Waals surface area contributed by atoms with Gasteiger partial charge in [-0.15, -0.1) is 0 Å². The van der Waals surface area contributed by atoms with Gasteiger partial charge in [-0.3, -0.25) is 4.31 Å². The van der Waals surface area contributed by atoms with E-state index in [0.717, 1.165) is 0 Å². The highest BCUT2D eigenvalue weighted by molar-refractivity contribution is 7.93. The molecular weight excluding hydrogens is 442 g/mol. The average molecular weight is 472 g/mol. The fourth-order valence-electron chi connectivity index (χ4n) is 4.24. The number of aromatic amines is 1. The number of nitrogen functional groups attached to an aromatic ring is 1. The molecule has 33 heavy (non-hydrogen) atoms. The molecule has 9 nitrogen and oxygen atoms in total. The number of anilines is 2. The normalized spacial score (nSPS) is 18.9. The molecule has 0 bridgehead atoms. The Bertz CT molecular complexity index is 1250. The Morgan fingerprint density at radius 2 is 1.94 bits per heavy atom. The molecule has 2 atom stereocenters. The summed E-state index contributed by atoms with van der Waals surface area (Å²) < 4.78 is 34.5. The van der Waals surface area contributed by atoms with Gasteiger partial charge in [0, 0.05) is 23.7 Å². The summed E-state index contributed by atoms with van der Waals surface area (Å²) in [6.45, 7) is 5.39. The largest absolute Gasteiger partial charge is 0.444 e.